The van der Waals surface area contributed by atoms with E-state index < -0.39 is 25.8 Å². The van der Waals surface area contributed by atoms with Crippen LogP contribution in [0.4, 0.5) is 0 Å². The molecule has 0 rings (SSSR count). The third-order valence-corrected chi connectivity index (χ3v) is 0. The van der Waals surface area contributed by atoms with Crippen LogP contribution in [-0.4, -0.2) is 44.0 Å². The van der Waals surface area contributed by atoms with Gasteiger partial charge in [-0.1, -0.05) is 0 Å². The summed E-state index contributed by atoms with van der Waals surface area (Å²) in [5, 5.41) is 0. The van der Waals surface area contributed by atoms with E-state index in [0.29, 0.717) is 0 Å². The van der Waals surface area contributed by atoms with Gasteiger partial charge in [-0.3, -0.25) is 0 Å². The van der Waals surface area contributed by atoms with Crippen molar-refractivity contribution in [2.75, 3.05) is 0 Å². The van der Waals surface area contributed by atoms with Gasteiger partial charge in [0.15, 0.2) is 0 Å². The summed E-state index contributed by atoms with van der Waals surface area (Å²) >= 11 is 0. The van der Waals surface area contributed by atoms with Crippen LogP contribution in [0.3, 0.4) is 0 Å². The minimum absolute atomic E-state index is 0. The molecule has 94 valence electrons. The Bertz CT molecular complexity index is 46.5. The molecule has 0 unspecified atom stereocenters. The molecule has 0 aliphatic carbocycles. The average molecular weight is 408 g/mol. The molecule has 0 aliphatic heterocycles. The molecule has 0 fully saturated rings. The van der Waals surface area contributed by atoms with Crippen molar-refractivity contribution in [2.24, 2.45) is 0 Å². The molecular weight excluding hydrogens is 397 g/mol. The normalized spacial score (nSPS) is 7.71. The molecule has 9 N–H and O–H groups in total. The minimum atomic E-state index is -2.62. The van der Waals surface area contributed by atoms with Gasteiger partial charge < -0.3 is 44.0 Å². The van der Waals surface area contributed by atoms with Crippen molar-refractivity contribution < 1.29 is 44.0 Å². The molecule has 0 aromatic heterocycles. The van der Waals surface area contributed by atoms with Crippen molar-refractivity contribution in [1.29, 1.82) is 0 Å². The second-order valence-electron chi connectivity index (χ2n) is 0.805. The average Bonchev–Trinajstić information content (AvgIpc) is 1.54. The monoisotopic (exact) mass is 406 g/mol. The Morgan fingerprint density at radius 1 is 0.357 bits per heavy atom. The third-order valence-electron chi connectivity index (χ3n) is 0. The van der Waals surface area contributed by atoms with Crippen LogP contribution in [0.2, 0.25) is 0 Å². The van der Waals surface area contributed by atoms with Gasteiger partial charge in [0.25, 0.3) is 0 Å². The van der Waals surface area contributed by atoms with Crippen LogP contribution in [0, 0.1) is 0 Å². The van der Waals surface area contributed by atoms with Crippen LogP contribution in [0.15, 0.2) is 0 Å². The van der Waals surface area contributed by atoms with E-state index in [0.717, 1.165) is 0 Å². The molecule has 0 spiro atoms. The summed E-state index contributed by atoms with van der Waals surface area (Å²) in [6, 6.07) is 0. The number of hydrogen-bond acceptors (Lipinski definition) is 9. The largest absolute Gasteiger partial charge is 0.328 e. The fraction of sp³-hybridized carbons (Fsp3) is 0. The molecule has 0 aromatic rings. The molecule has 0 saturated carbocycles. The molecule has 0 saturated heterocycles. The highest BCUT2D eigenvalue weighted by atomic mass is 79.9. The lowest BCUT2D eigenvalue weighted by molar-refractivity contribution is 0.366. The summed E-state index contributed by atoms with van der Waals surface area (Å²) in [4.78, 5) is 65.1. The van der Waals surface area contributed by atoms with Crippen LogP contribution in [0.25, 0.3) is 0 Å². The first kappa shape index (κ1) is 29.7. The molecule has 0 aromatic carbocycles. The smallest absolute Gasteiger partial charge is 0.324 e. The first-order chi connectivity index (χ1) is 5.20. The van der Waals surface area contributed by atoms with E-state index in [4.69, 9.17) is 44.0 Å². The van der Waals surface area contributed by atoms with E-state index in [9.17, 15) is 0 Å². The molecule has 0 aliphatic rings. The van der Waals surface area contributed by atoms with Crippen molar-refractivity contribution in [3.8, 4) is 0 Å². The Morgan fingerprint density at radius 3 is 0.357 bits per heavy atom. The van der Waals surface area contributed by atoms with Gasteiger partial charge in [-0.25, -0.2) is 0 Å². The van der Waals surface area contributed by atoms with Crippen molar-refractivity contribution in [1.82, 2.24) is 0 Å². The quantitative estimate of drug-likeness (QED) is 0.221. The predicted octanol–water partition coefficient (Wildman–Crippen LogP) is -1.27. The van der Waals surface area contributed by atoms with E-state index in [1.165, 1.54) is 0 Å². The summed E-state index contributed by atoms with van der Waals surface area (Å²) in [6.07, 6.45) is 0. The zero-order valence-electron chi connectivity index (χ0n) is 6.18. The summed E-state index contributed by atoms with van der Waals surface area (Å²) < 4.78 is 0. The van der Waals surface area contributed by atoms with Gasteiger partial charge in [-0.05, 0) is 0 Å². The Morgan fingerprint density at radius 2 is 0.357 bits per heavy atom. The first-order valence-electron chi connectivity index (χ1n) is 1.80. The second-order valence-corrected chi connectivity index (χ2v) is 2.41. The van der Waals surface area contributed by atoms with Crippen molar-refractivity contribution in [2.45, 2.75) is 0 Å². The van der Waals surface area contributed by atoms with Gasteiger partial charge in [-0.15, -0.1) is 34.0 Å². The van der Waals surface area contributed by atoms with Crippen molar-refractivity contribution >= 4 is 59.8 Å². The predicted molar refractivity (Wildman–Crippen MR) is 61.4 cm³/mol. The molecule has 0 amide bonds. The van der Waals surface area contributed by atoms with Gasteiger partial charge in [0.05, 0.1) is 0 Å². The molecular formula is H11Br2O9P3. The Hall–Kier alpha value is 1.89. The maximum atomic E-state index is 7.23. The summed E-state index contributed by atoms with van der Waals surface area (Å²) in [5.74, 6) is 0. The highest BCUT2D eigenvalue weighted by Crippen LogP contribution is 2.12. The van der Waals surface area contributed by atoms with Crippen LogP contribution in [-0.2, 0) is 0 Å². The fourth-order valence-electron chi connectivity index (χ4n) is 0. The van der Waals surface area contributed by atoms with Crippen molar-refractivity contribution in [3.63, 3.8) is 0 Å². The summed E-state index contributed by atoms with van der Waals surface area (Å²) in [5.41, 5.74) is 0. The Balaban J connectivity index is -0.0000000270. The minimum Gasteiger partial charge on any atom is -0.328 e. The fourth-order valence-corrected chi connectivity index (χ4v) is 0. The van der Waals surface area contributed by atoms with Crippen LogP contribution >= 0.6 is 59.8 Å². The zero-order chi connectivity index (χ0) is 10.7. The first-order valence-corrected chi connectivity index (χ1v) is 5.40. The zero-order valence-corrected chi connectivity index (χ0v) is 12.3. The molecule has 9 nitrogen and oxygen atoms in total. The van der Waals surface area contributed by atoms with Gasteiger partial charge in [0.2, 0.25) is 0 Å². The number of rotatable bonds is 0. The van der Waals surface area contributed by atoms with E-state index in [2.05, 4.69) is 0 Å². The van der Waals surface area contributed by atoms with E-state index >= 15 is 0 Å². The maximum Gasteiger partial charge on any atom is 0.324 e. The van der Waals surface area contributed by atoms with Gasteiger partial charge in [0.1, 0.15) is 0 Å². The SMILES string of the molecule is Br.Br.OP(O)O.OP(O)O.OP(O)O. The lowest BCUT2D eigenvalue weighted by Crippen LogP contribution is -1.54. The standard InChI is InChI=1S/2BrH.3H3O3P/c;;3*1-4(2)3/h2*1H;3*1-3H. The Kier molecular flexibility index (Phi) is 51.4. The van der Waals surface area contributed by atoms with E-state index in [1.54, 1.807) is 0 Å². The van der Waals surface area contributed by atoms with Crippen LogP contribution in [0.1, 0.15) is 0 Å². The van der Waals surface area contributed by atoms with E-state index in [-0.39, 0.29) is 34.0 Å². The molecule has 0 heterocycles. The molecule has 14 heteroatoms. The highest BCUT2D eigenvalue weighted by Gasteiger charge is 1.77. The van der Waals surface area contributed by atoms with Crippen molar-refractivity contribution in [3.05, 3.63) is 0 Å². The maximum absolute atomic E-state index is 7.23. The lowest BCUT2D eigenvalue weighted by Gasteiger charge is -1.76. The Labute approximate surface area is 104 Å². The molecule has 14 heavy (non-hydrogen) atoms. The van der Waals surface area contributed by atoms with Crippen LogP contribution < -0.4 is 0 Å². The van der Waals surface area contributed by atoms with Gasteiger partial charge in [-0.2, -0.15) is 0 Å². The lowest BCUT2D eigenvalue weighted by atomic mass is 15.8. The molecule has 0 bridgehead atoms. The third kappa shape index (κ3) is 646. The number of hydrogen-bond donors (Lipinski definition) is 9. The van der Waals surface area contributed by atoms with Gasteiger partial charge in [0, 0.05) is 0 Å². The topological polar surface area (TPSA) is 182 Å². The van der Waals surface area contributed by atoms with Gasteiger partial charge >= 0.3 is 25.8 Å². The second kappa shape index (κ2) is 24.2. The highest BCUT2D eigenvalue weighted by molar-refractivity contribution is 8.93. The summed E-state index contributed by atoms with van der Waals surface area (Å²) in [7, 11) is -7.86. The molecule has 0 radical (unpaired) electrons. The van der Waals surface area contributed by atoms with Crippen LogP contribution in [0.5, 0.6) is 0 Å². The van der Waals surface area contributed by atoms with E-state index in [1.807, 2.05) is 0 Å². The molecule has 0 atom stereocenters. The summed E-state index contributed by atoms with van der Waals surface area (Å²) in [6.45, 7) is 0. The number of halogens is 2.